The predicted octanol–water partition coefficient (Wildman–Crippen LogP) is -8.85. The molecule has 0 heterocycles. The van der Waals surface area contributed by atoms with Crippen LogP contribution in [0.15, 0.2) is 12.2 Å². The second-order valence-electron chi connectivity index (χ2n) is 4.70. The Morgan fingerprint density at radius 3 is 1.38 bits per heavy atom. The van der Waals surface area contributed by atoms with E-state index in [4.69, 9.17) is 0 Å². The SMILES string of the molecule is N#CC1(C#N)C=CC(C#N)(C(=O)[O-])C(C#N)(C(=O)[O-])C1(C#N)C#N.[K+].[K+]. The summed E-state index contributed by atoms with van der Waals surface area (Å²) in [5.41, 5.74) is -13.3. The number of carbonyl (C=O) groups excluding carboxylic acids is 2. The molecule has 0 radical (unpaired) electrons. The van der Waals surface area contributed by atoms with Crippen molar-refractivity contribution < 1.29 is 123 Å². The summed E-state index contributed by atoms with van der Waals surface area (Å²) in [6, 6.07) is 6.65. The molecule has 0 spiro atoms. The molecule has 1 aliphatic carbocycles. The zero-order valence-electron chi connectivity index (χ0n) is 13.5. The number of carboxylic acids is 2. The largest absolute Gasteiger partial charge is 1.00 e. The van der Waals surface area contributed by atoms with E-state index in [-0.39, 0.29) is 103 Å². The van der Waals surface area contributed by atoms with Gasteiger partial charge in [0.05, 0.1) is 48.4 Å². The second-order valence-corrected chi connectivity index (χ2v) is 4.70. The smallest absolute Gasteiger partial charge is 0.548 e. The van der Waals surface area contributed by atoms with E-state index in [1.807, 2.05) is 0 Å². The van der Waals surface area contributed by atoms with Crippen LogP contribution < -0.4 is 113 Å². The van der Waals surface area contributed by atoms with Gasteiger partial charge in [0.15, 0.2) is 10.8 Å². The molecule has 0 saturated heterocycles. The molecular formula is C14H2K2N6O4. The summed E-state index contributed by atoms with van der Waals surface area (Å²) in [6.45, 7) is 0. The first-order valence-corrected chi connectivity index (χ1v) is 5.82. The number of carboxylic acid groups (broad SMARTS) is 2. The monoisotopic (exact) mass is 396 g/mol. The van der Waals surface area contributed by atoms with E-state index < -0.39 is 33.6 Å². The van der Waals surface area contributed by atoms with E-state index in [0.29, 0.717) is 12.2 Å². The number of nitrogens with zero attached hydrogens (tertiary/aromatic N) is 6. The zero-order valence-corrected chi connectivity index (χ0v) is 19.7. The van der Waals surface area contributed by atoms with E-state index >= 15 is 0 Å². The van der Waals surface area contributed by atoms with Gasteiger partial charge in [0.1, 0.15) is 5.41 Å². The third kappa shape index (κ3) is 2.77. The summed E-state index contributed by atoms with van der Waals surface area (Å²) >= 11 is 0. The molecular weight excluding hydrogens is 394 g/mol. The van der Waals surface area contributed by atoms with Crippen LogP contribution in [0.2, 0.25) is 0 Å². The number of carbonyl (C=O) groups is 2. The van der Waals surface area contributed by atoms with Crippen molar-refractivity contribution in [1.82, 2.24) is 0 Å². The van der Waals surface area contributed by atoms with Gasteiger partial charge >= 0.3 is 103 Å². The Kier molecular flexibility index (Phi) is 9.59. The minimum absolute atomic E-state index is 0. The Hall–Kier alpha value is -1.11. The fourth-order valence-corrected chi connectivity index (χ4v) is 2.65. The van der Waals surface area contributed by atoms with Gasteiger partial charge in [-0.3, -0.25) is 0 Å². The normalized spacial score (nSPS) is 26.2. The van der Waals surface area contributed by atoms with E-state index in [9.17, 15) is 51.4 Å². The molecule has 2 atom stereocenters. The van der Waals surface area contributed by atoms with E-state index in [1.54, 1.807) is 0 Å². The van der Waals surface area contributed by atoms with Crippen LogP contribution in [0.3, 0.4) is 0 Å². The van der Waals surface area contributed by atoms with Crippen LogP contribution in [0.5, 0.6) is 0 Å². The van der Waals surface area contributed by atoms with Gasteiger partial charge in [0, 0.05) is 0 Å². The fourth-order valence-electron chi connectivity index (χ4n) is 2.65. The van der Waals surface area contributed by atoms with Crippen LogP contribution in [0.25, 0.3) is 0 Å². The van der Waals surface area contributed by atoms with Crippen molar-refractivity contribution in [3.8, 4) is 36.4 Å². The maximum Gasteiger partial charge on any atom is 1.00 e. The summed E-state index contributed by atoms with van der Waals surface area (Å²) < 4.78 is 0. The van der Waals surface area contributed by atoms with Crippen molar-refractivity contribution in [2.75, 3.05) is 0 Å². The Balaban J connectivity index is 0. The van der Waals surface area contributed by atoms with E-state index in [1.165, 1.54) is 12.1 Å². The van der Waals surface area contributed by atoms with Crippen LogP contribution >= 0.6 is 0 Å². The zero-order chi connectivity index (χ0) is 18.8. The van der Waals surface area contributed by atoms with E-state index in [0.717, 1.165) is 24.3 Å². The maximum absolute atomic E-state index is 11.7. The Morgan fingerprint density at radius 1 is 0.692 bits per heavy atom. The van der Waals surface area contributed by atoms with Crippen LogP contribution in [0.1, 0.15) is 0 Å². The number of allylic oxidation sites excluding steroid dienone is 1. The molecule has 0 aromatic heterocycles. The molecule has 0 bridgehead atoms. The number of aliphatic carboxylic acids is 2. The molecule has 2 unspecified atom stereocenters. The summed E-state index contributed by atoms with van der Waals surface area (Å²) in [5, 5.41) is 79.0. The van der Waals surface area contributed by atoms with Gasteiger partial charge in [-0.05, 0) is 6.08 Å². The van der Waals surface area contributed by atoms with Gasteiger partial charge in [-0.2, -0.15) is 31.6 Å². The quantitative estimate of drug-likeness (QED) is 0.316. The number of rotatable bonds is 2. The molecule has 10 nitrogen and oxygen atoms in total. The molecule has 0 N–H and O–H groups in total. The van der Waals surface area contributed by atoms with Crippen LogP contribution in [-0.2, 0) is 9.59 Å². The van der Waals surface area contributed by atoms with Crippen LogP contribution in [0, 0.1) is 89.6 Å². The Bertz CT molecular complexity index is 907. The summed E-state index contributed by atoms with van der Waals surface area (Å²) in [7, 11) is 0. The standard InChI is InChI=1S/C14H4N6O4.2K/c15-3-11(4-16)1-2-12(5-17,9(21)22)14(8-20,10(23)24)13(11,6-18)7-19;;/h1-2H,(H,21,22)(H,23,24);;/q;2*+1/p-2. The molecule has 12 heteroatoms. The first-order chi connectivity index (χ1) is 11.2. The predicted molar refractivity (Wildman–Crippen MR) is 62.6 cm³/mol. The third-order valence-electron chi connectivity index (χ3n) is 3.99. The van der Waals surface area contributed by atoms with Gasteiger partial charge in [-0.25, -0.2) is 0 Å². The molecule has 26 heavy (non-hydrogen) atoms. The molecule has 1 rings (SSSR count). The van der Waals surface area contributed by atoms with Gasteiger partial charge in [0.25, 0.3) is 0 Å². The number of hydrogen-bond donors (Lipinski definition) is 0. The average molecular weight is 396 g/mol. The first-order valence-electron chi connectivity index (χ1n) is 5.82. The topological polar surface area (TPSA) is 223 Å². The van der Waals surface area contributed by atoms with Crippen molar-refractivity contribution in [2.24, 2.45) is 21.7 Å². The maximum atomic E-state index is 11.7. The fraction of sp³-hybridized carbons (Fsp3) is 0.286. The minimum Gasteiger partial charge on any atom is -0.548 e. The van der Waals surface area contributed by atoms with Gasteiger partial charge < -0.3 is 19.8 Å². The number of nitriles is 6. The Labute approximate surface area is 232 Å². The van der Waals surface area contributed by atoms with Crippen molar-refractivity contribution in [3.63, 3.8) is 0 Å². The summed E-state index contributed by atoms with van der Waals surface area (Å²) in [5.74, 6) is -5.00. The van der Waals surface area contributed by atoms with Crippen LogP contribution in [0.4, 0.5) is 0 Å². The molecule has 0 aromatic carbocycles. The van der Waals surface area contributed by atoms with Crippen LogP contribution in [-0.4, -0.2) is 11.9 Å². The van der Waals surface area contributed by atoms with E-state index in [2.05, 4.69) is 0 Å². The average Bonchev–Trinajstić information content (AvgIpc) is 2.59. The molecule has 0 saturated carbocycles. The Morgan fingerprint density at radius 2 is 1.15 bits per heavy atom. The molecule has 1 aliphatic rings. The third-order valence-corrected chi connectivity index (χ3v) is 3.99. The molecule has 0 aliphatic heterocycles. The summed E-state index contributed by atoms with van der Waals surface area (Å²) in [6.07, 6.45) is 0.734. The summed E-state index contributed by atoms with van der Waals surface area (Å²) in [4.78, 5) is 23.2. The minimum atomic E-state index is -3.71. The van der Waals surface area contributed by atoms with Crippen molar-refractivity contribution in [3.05, 3.63) is 12.2 Å². The van der Waals surface area contributed by atoms with Gasteiger partial charge in [-0.1, -0.05) is 6.08 Å². The van der Waals surface area contributed by atoms with Crippen molar-refractivity contribution in [2.45, 2.75) is 0 Å². The van der Waals surface area contributed by atoms with Gasteiger partial charge in [-0.15, -0.1) is 0 Å². The molecule has 114 valence electrons. The second kappa shape index (κ2) is 9.20. The molecule has 0 aromatic rings. The van der Waals surface area contributed by atoms with Crippen molar-refractivity contribution >= 4 is 11.9 Å². The number of hydrogen-bond acceptors (Lipinski definition) is 10. The first kappa shape index (κ1) is 27.1. The van der Waals surface area contributed by atoms with Crippen molar-refractivity contribution in [1.29, 1.82) is 31.6 Å². The van der Waals surface area contributed by atoms with Gasteiger partial charge in [0.2, 0.25) is 5.41 Å². The molecule has 0 amide bonds. The molecule has 0 fully saturated rings.